The fourth-order valence-electron chi connectivity index (χ4n) is 1.69. The van der Waals surface area contributed by atoms with Crippen molar-refractivity contribution in [2.24, 2.45) is 0 Å². The summed E-state index contributed by atoms with van der Waals surface area (Å²) in [4.78, 5) is 24.0. The molecule has 2 N–H and O–H groups in total. The van der Waals surface area contributed by atoms with Crippen LogP contribution in [0.2, 0.25) is 0 Å². The zero-order valence-corrected chi connectivity index (χ0v) is 12.8. The van der Waals surface area contributed by atoms with E-state index in [0.29, 0.717) is 11.5 Å². The molecule has 6 heteroatoms. The van der Waals surface area contributed by atoms with Crippen LogP contribution in [0.25, 0.3) is 6.08 Å². The predicted octanol–water partition coefficient (Wildman–Crippen LogP) is 2.31. The van der Waals surface area contributed by atoms with E-state index in [1.165, 1.54) is 17.4 Å². The van der Waals surface area contributed by atoms with E-state index < -0.39 is 11.5 Å². The lowest BCUT2D eigenvalue weighted by Gasteiger charge is -2.24. The van der Waals surface area contributed by atoms with Crippen molar-refractivity contribution in [1.29, 1.82) is 0 Å². The molecule has 0 fully saturated rings. The number of methoxy groups -OCH3 is 1. The Morgan fingerprint density at radius 1 is 1.50 bits per heavy atom. The standard InChI is InChI=1S/C14H19NO4S/c1-9-7-11(20-10(9)5-6-12(16)17)13(18)15-14(2,3)8-19-4/h5-7H,8H2,1-4H3,(H,15,18)(H,16,17)/b6-5+. The zero-order chi connectivity index (χ0) is 15.3. The largest absolute Gasteiger partial charge is 0.478 e. The molecule has 110 valence electrons. The lowest BCUT2D eigenvalue weighted by molar-refractivity contribution is -0.131. The van der Waals surface area contributed by atoms with Gasteiger partial charge >= 0.3 is 5.97 Å². The minimum absolute atomic E-state index is 0.185. The van der Waals surface area contributed by atoms with Gasteiger partial charge in [0.05, 0.1) is 17.0 Å². The number of hydrogen-bond acceptors (Lipinski definition) is 4. The van der Waals surface area contributed by atoms with E-state index in [9.17, 15) is 9.59 Å². The quantitative estimate of drug-likeness (QED) is 0.790. The summed E-state index contributed by atoms with van der Waals surface area (Å²) in [6.07, 6.45) is 2.56. The molecule has 1 aromatic rings. The van der Waals surface area contributed by atoms with E-state index in [1.807, 2.05) is 20.8 Å². The Morgan fingerprint density at radius 3 is 2.70 bits per heavy atom. The Labute approximate surface area is 122 Å². The van der Waals surface area contributed by atoms with Gasteiger partial charge in [-0.25, -0.2) is 4.79 Å². The summed E-state index contributed by atoms with van der Waals surface area (Å²) in [6.45, 7) is 6.00. The number of amides is 1. The third-order valence-corrected chi connectivity index (χ3v) is 3.72. The third kappa shape index (κ3) is 4.79. The normalized spacial score (nSPS) is 11.8. The highest BCUT2D eigenvalue weighted by Crippen LogP contribution is 2.23. The molecule has 0 aliphatic heterocycles. The topological polar surface area (TPSA) is 75.6 Å². The zero-order valence-electron chi connectivity index (χ0n) is 12.0. The summed E-state index contributed by atoms with van der Waals surface area (Å²) in [5.74, 6) is -1.19. The second-order valence-corrected chi connectivity index (χ2v) is 6.18. The molecule has 0 spiro atoms. The second-order valence-electron chi connectivity index (χ2n) is 5.10. The number of aliphatic carboxylic acids is 1. The first-order valence-corrected chi connectivity index (χ1v) is 6.90. The third-order valence-electron chi connectivity index (χ3n) is 2.51. The van der Waals surface area contributed by atoms with Crippen LogP contribution in [-0.2, 0) is 9.53 Å². The van der Waals surface area contributed by atoms with Crippen molar-refractivity contribution in [3.63, 3.8) is 0 Å². The van der Waals surface area contributed by atoms with E-state index in [-0.39, 0.29) is 5.91 Å². The highest BCUT2D eigenvalue weighted by atomic mass is 32.1. The Kier molecular flexibility index (Phi) is 5.47. The van der Waals surface area contributed by atoms with Crippen LogP contribution < -0.4 is 5.32 Å². The van der Waals surface area contributed by atoms with Crippen LogP contribution in [0.4, 0.5) is 0 Å². The Bertz CT molecular complexity index is 531. The van der Waals surface area contributed by atoms with Crippen LogP contribution in [0, 0.1) is 6.92 Å². The van der Waals surface area contributed by atoms with E-state index >= 15 is 0 Å². The van der Waals surface area contributed by atoms with Gasteiger partial charge in [-0.3, -0.25) is 4.79 Å². The number of carboxylic acids is 1. The van der Waals surface area contributed by atoms with Crippen molar-refractivity contribution in [3.05, 3.63) is 27.5 Å². The molecule has 1 amide bonds. The maximum absolute atomic E-state index is 12.1. The highest BCUT2D eigenvalue weighted by molar-refractivity contribution is 7.15. The van der Waals surface area contributed by atoms with E-state index in [4.69, 9.17) is 9.84 Å². The van der Waals surface area contributed by atoms with Gasteiger partial charge in [-0.05, 0) is 38.5 Å². The van der Waals surface area contributed by atoms with Gasteiger partial charge in [0.1, 0.15) is 0 Å². The summed E-state index contributed by atoms with van der Waals surface area (Å²) in [5.41, 5.74) is 0.419. The summed E-state index contributed by atoms with van der Waals surface area (Å²) >= 11 is 1.27. The first kappa shape index (κ1) is 16.4. The van der Waals surface area contributed by atoms with Crippen LogP contribution in [0.3, 0.4) is 0 Å². The molecule has 0 aliphatic rings. The lowest BCUT2D eigenvalue weighted by atomic mass is 10.1. The Morgan fingerprint density at radius 2 is 2.15 bits per heavy atom. The lowest BCUT2D eigenvalue weighted by Crippen LogP contribution is -2.46. The molecule has 1 heterocycles. The first-order chi connectivity index (χ1) is 9.25. The number of rotatable bonds is 6. The molecule has 0 saturated heterocycles. The van der Waals surface area contributed by atoms with Gasteiger partial charge in [-0.2, -0.15) is 0 Å². The SMILES string of the molecule is COCC(C)(C)NC(=O)c1cc(C)c(/C=C/C(=O)O)s1. The molecule has 0 saturated carbocycles. The Hall–Kier alpha value is -1.66. The van der Waals surface area contributed by atoms with Crippen molar-refractivity contribution >= 4 is 29.3 Å². The van der Waals surface area contributed by atoms with Crippen LogP contribution in [0.5, 0.6) is 0 Å². The van der Waals surface area contributed by atoms with Gasteiger partial charge in [0.2, 0.25) is 0 Å². The molecule has 0 unspecified atom stereocenters. The predicted molar refractivity (Wildman–Crippen MR) is 79.1 cm³/mol. The number of carbonyl (C=O) groups is 2. The molecule has 5 nitrogen and oxygen atoms in total. The van der Waals surface area contributed by atoms with Gasteiger partial charge in [0.25, 0.3) is 5.91 Å². The average Bonchev–Trinajstić information content (AvgIpc) is 2.67. The van der Waals surface area contributed by atoms with Gasteiger partial charge in [-0.1, -0.05) is 0 Å². The van der Waals surface area contributed by atoms with Crippen molar-refractivity contribution in [3.8, 4) is 0 Å². The maximum atomic E-state index is 12.1. The van der Waals surface area contributed by atoms with Crippen molar-refractivity contribution < 1.29 is 19.4 Å². The summed E-state index contributed by atoms with van der Waals surface area (Å²) in [6, 6.07) is 1.75. The van der Waals surface area contributed by atoms with E-state index in [2.05, 4.69) is 5.32 Å². The summed E-state index contributed by atoms with van der Waals surface area (Å²) < 4.78 is 5.05. The number of carbonyl (C=O) groups excluding carboxylic acids is 1. The highest BCUT2D eigenvalue weighted by Gasteiger charge is 2.22. The first-order valence-electron chi connectivity index (χ1n) is 6.08. The molecule has 0 aromatic carbocycles. The minimum atomic E-state index is -1.01. The number of hydrogen-bond donors (Lipinski definition) is 2. The van der Waals surface area contributed by atoms with Crippen molar-refractivity contribution in [1.82, 2.24) is 5.32 Å². The second kappa shape index (κ2) is 6.67. The summed E-state index contributed by atoms with van der Waals surface area (Å²) in [5, 5.41) is 11.5. The molecule has 20 heavy (non-hydrogen) atoms. The van der Waals surface area contributed by atoms with Gasteiger partial charge in [0, 0.05) is 18.1 Å². The fraction of sp³-hybridized carbons (Fsp3) is 0.429. The Balaban J connectivity index is 2.85. The monoisotopic (exact) mass is 297 g/mol. The molecule has 0 radical (unpaired) electrons. The van der Waals surface area contributed by atoms with Crippen LogP contribution in [-0.4, -0.2) is 36.2 Å². The molecule has 0 atom stereocenters. The molecule has 1 rings (SSSR count). The van der Waals surface area contributed by atoms with Crippen molar-refractivity contribution in [2.75, 3.05) is 13.7 Å². The van der Waals surface area contributed by atoms with E-state index in [0.717, 1.165) is 16.5 Å². The number of aryl methyl sites for hydroxylation is 1. The summed E-state index contributed by atoms with van der Waals surface area (Å²) in [7, 11) is 1.58. The number of ether oxygens (including phenoxy) is 1. The molecule has 0 bridgehead atoms. The number of thiophene rings is 1. The number of nitrogens with one attached hydrogen (secondary N) is 1. The maximum Gasteiger partial charge on any atom is 0.328 e. The van der Waals surface area contributed by atoms with Crippen LogP contribution >= 0.6 is 11.3 Å². The molecular weight excluding hydrogens is 278 g/mol. The van der Waals surface area contributed by atoms with Crippen LogP contribution in [0.15, 0.2) is 12.1 Å². The average molecular weight is 297 g/mol. The fourth-order valence-corrected chi connectivity index (χ4v) is 2.66. The smallest absolute Gasteiger partial charge is 0.328 e. The van der Waals surface area contributed by atoms with Crippen LogP contribution in [0.1, 0.15) is 34.0 Å². The molecule has 1 aromatic heterocycles. The van der Waals surface area contributed by atoms with Gasteiger partial charge < -0.3 is 15.2 Å². The number of carboxylic acid groups (broad SMARTS) is 1. The van der Waals surface area contributed by atoms with E-state index in [1.54, 1.807) is 13.2 Å². The van der Waals surface area contributed by atoms with Gasteiger partial charge in [-0.15, -0.1) is 11.3 Å². The van der Waals surface area contributed by atoms with Gasteiger partial charge in [0.15, 0.2) is 0 Å². The molecular formula is C14H19NO4S. The van der Waals surface area contributed by atoms with Crippen molar-refractivity contribution in [2.45, 2.75) is 26.3 Å². The minimum Gasteiger partial charge on any atom is -0.478 e. The molecule has 0 aliphatic carbocycles.